The van der Waals surface area contributed by atoms with Gasteiger partial charge in [-0.15, -0.1) is 0 Å². The fourth-order valence-electron chi connectivity index (χ4n) is 0. The molecule has 31 heteroatoms. The summed E-state index contributed by atoms with van der Waals surface area (Å²) in [4.78, 5) is 0. The molecular formula is H6O24S6U-6. The van der Waals surface area contributed by atoms with Crippen LogP contribution in [0.2, 0.25) is 0 Å². The van der Waals surface area contributed by atoms with Crippen molar-refractivity contribution in [3.05, 3.63) is 0 Å². The van der Waals surface area contributed by atoms with Gasteiger partial charge in [-0.1, -0.05) is 0 Å². The molecule has 31 heavy (non-hydrogen) atoms. The molecule has 0 saturated heterocycles. The molecule has 196 valence electrons. The molecule has 0 bridgehead atoms. The Kier molecular flexibility index (Phi) is 30.9. The third-order valence-electron chi connectivity index (χ3n) is 0. The Balaban J connectivity index is -0.0000000443. The van der Waals surface area contributed by atoms with Crippen molar-refractivity contribution in [2.45, 2.75) is 0 Å². The minimum Gasteiger partial charge on any atom is -0.726 e. The molecule has 0 amide bonds. The van der Waals surface area contributed by atoms with Crippen LogP contribution >= 0.6 is 0 Å². The Morgan fingerprint density at radius 1 is 0.290 bits per heavy atom. The van der Waals surface area contributed by atoms with E-state index in [0.29, 0.717) is 0 Å². The Bertz CT molecular complexity index is 760. The van der Waals surface area contributed by atoms with E-state index >= 15 is 0 Å². The molecule has 0 rings (SSSR count). The SMILES string of the molecule is O=S(=O)([O-])O.O=S(=O)([O-])O.O=S(=O)([O-])O.O=S(=O)([O-])O.O=S(=O)([O-])O.O=S(=O)([O-])O.[U]. The van der Waals surface area contributed by atoms with Gasteiger partial charge < -0.3 is 27.3 Å². The van der Waals surface area contributed by atoms with Gasteiger partial charge >= 0.3 is 0 Å². The van der Waals surface area contributed by atoms with Crippen LogP contribution in [0.3, 0.4) is 0 Å². The molecule has 24 nitrogen and oxygen atoms in total. The van der Waals surface area contributed by atoms with Crippen LogP contribution in [0, 0.1) is 31.1 Å². The molecule has 0 heterocycles. The van der Waals surface area contributed by atoms with Crippen molar-refractivity contribution in [2.24, 2.45) is 0 Å². The average Bonchev–Trinajstić information content (AvgIpc) is 1.94. The summed E-state index contributed by atoms with van der Waals surface area (Å²) in [6, 6.07) is 0. The van der Waals surface area contributed by atoms with E-state index in [1.165, 1.54) is 0 Å². The summed E-state index contributed by atoms with van der Waals surface area (Å²) in [5.74, 6) is 0. The first-order valence-corrected chi connectivity index (χ1v) is 12.3. The topological polar surface area (TPSA) is 465 Å². The number of hydrogen-bond acceptors (Lipinski definition) is 18. The minimum atomic E-state index is -4.92. The van der Waals surface area contributed by atoms with Crippen LogP contribution in [0.1, 0.15) is 0 Å². The van der Waals surface area contributed by atoms with Gasteiger partial charge in [0.15, 0.2) is 0 Å². The fourth-order valence-corrected chi connectivity index (χ4v) is 0. The Morgan fingerprint density at radius 2 is 0.290 bits per heavy atom. The maximum absolute atomic E-state index is 8.63. The second-order valence-corrected chi connectivity index (χ2v) is 7.70. The molecular weight excluding hydrogens is 814 g/mol. The molecule has 6 N–H and O–H groups in total. The summed E-state index contributed by atoms with van der Waals surface area (Å²) in [5, 5.41) is 0. The molecule has 0 aliphatic carbocycles. The van der Waals surface area contributed by atoms with Crippen LogP contribution in [0.4, 0.5) is 0 Å². The summed E-state index contributed by atoms with van der Waals surface area (Å²) in [5.41, 5.74) is 0. The maximum atomic E-state index is 8.63. The zero-order valence-corrected chi connectivity index (χ0v) is 22.0. The normalized spacial score (nSPS) is 11.2. The number of rotatable bonds is 0. The first-order valence-electron chi connectivity index (χ1n) is 4.10. The minimum absolute atomic E-state index is 0. The van der Waals surface area contributed by atoms with Gasteiger partial charge in [0, 0.05) is 31.1 Å². The molecule has 0 aliphatic rings. The van der Waals surface area contributed by atoms with Crippen molar-refractivity contribution in [3.63, 3.8) is 0 Å². The largest absolute Gasteiger partial charge is 0.726 e. The molecule has 0 aromatic carbocycles. The standard InChI is InChI=1S/6H2O4S.U/c6*1-5(2,3)4;/h6*(H2,1,2,3,4);/p-6. The van der Waals surface area contributed by atoms with E-state index < -0.39 is 62.4 Å². The first-order chi connectivity index (χ1) is 12.0. The molecule has 0 aliphatic heterocycles. The Morgan fingerprint density at radius 3 is 0.290 bits per heavy atom. The van der Waals surface area contributed by atoms with Gasteiger partial charge in [0.25, 0.3) is 0 Å². The van der Waals surface area contributed by atoms with E-state index in [-0.39, 0.29) is 31.1 Å². The summed E-state index contributed by atoms with van der Waals surface area (Å²) in [6.07, 6.45) is 0. The summed E-state index contributed by atoms with van der Waals surface area (Å²) >= 11 is 0. The van der Waals surface area contributed by atoms with Gasteiger partial charge in [-0.25, -0.2) is 50.5 Å². The van der Waals surface area contributed by atoms with Gasteiger partial charge in [-0.05, 0) is 0 Å². The van der Waals surface area contributed by atoms with Gasteiger partial charge in [-0.3, -0.25) is 27.3 Å². The summed E-state index contributed by atoms with van der Waals surface area (Å²) in [7, 11) is -29.5. The van der Waals surface area contributed by atoms with Crippen molar-refractivity contribution in [1.29, 1.82) is 0 Å². The van der Waals surface area contributed by atoms with E-state index in [2.05, 4.69) is 0 Å². The van der Waals surface area contributed by atoms with E-state index in [9.17, 15) is 0 Å². The smallest absolute Gasteiger partial charge is 0.215 e. The van der Waals surface area contributed by atoms with E-state index in [1.54, 1.807) is 0 Å². The van der Waals surface area contributed by atoms with Crippen LogP contribution in [0.25, 0.3) is 0 Å². The maximum Gasteiger partial charge on any atom is 0.215 e. The van der Waals surface area contributed by atoms with Crippen molar-refractivity contribution in [3.8, 4) is 0 Å². The molecule has 0 saturated carbocycles. The van der Waals surface area contributed by atoms with Crippen molar-refractivity contribution in [2.75, 3.05) is 0 Å². The van der Waals surface area contributed by atoms with E-state index in [1.807, 2.05) is 0 Å². The molecule has 0 radical (unpaired) electrons. The summed E-state index contributed by atoms with van der Waals surface area (Å²) < 4.78 is 197. The van der Waals surface area contributed by atoms with Gasteiger partial charge in [0.1, 0.15) is 0 Å². The monoisotopic (exact) mass is 820 g/mol. The molecule has 0 fully saturated rings. The third kappa shape index (κ3) is 327000. The van der Waals surface area contributed by atoms with Crippen LogP contribution in [0.5, 0.6) is 0 Å². The van der Waals surface area contributed by atoms with Gasteiger partial charge in [0.2, 0.25) is 62.4 Å². The third-order valence-corrected chi connectivity index (χ3v) is 0. The van der Waals surface area contributed by atoms with E-state index in [4.69, 9.17) is 105 Å². The number of hydrogen-bond donors (Lipinski definition) is 6. The summed E-state index contributed by atoms with van der Waals surface area (Å²) in [6.45, 7) is 0. The van der Waals surface area contributed by atoms with Crippen LogP contribution in [-0.4, -0.2) is 105 Å². The zero-order valence-electron chi connectivity index (χ0n) is 13.0. The van der Waals surface area contributed by atoms with Crippen molar-refractivity contribution >= 4 is 62.4 Å². The Hall–Kier alpha value is 0.272. The quantitative estimate of drug-likeness (QED) is 0.0978. The molecule has 0 aromatic rings. The van der Waals surface area contributed by atoms with Crippen LogP contribution in [0.15, 0.2) is 0 Å². The van der Waals surface area contributed by atoms with Crippen LogP contribution in [-0.2, 0) is 62.4 Å². The van der Waals surface area contributed by atoms with E-state index in [0.717, 1.165) is 0 Å². The average molecular weight is 820 g/mol. The Labute approximate surface area is 197 Å². The second-order valence-electron chi connectivity index (χ2n) is 2.57. The van der Waals surface area contributed by atoms with Crippen LogP contribution < -0.4 is 0 Å². The predicted octanol–water partition coefficient (Wildman–Crippen LogP) is -5.97. The molecule has 0 atom stereocenters. The van der Waals surface area contributed by atoms with Gasteiger partial charge in [0.05, 0.1) is 0 Å². The van der Waals surface area contributed by atoms with Gasteiger partial charge in [-0.2, -0.15) is 0 Å². The zero-order chi connectivity index (χ0) is 27.0. The van der Waals surface area contributed by atoms with Crippen molar-refractivity contribution in [1.82, 2.24) is 0 Å². The van der Waals surface area contributed by atoms with Crippen molar-refractivity contribution < 1.29 is 136 Å². The fraction of sp³-hybridized carbons (Fsp3) is 0. The second kappa shape index (κ2) is 19.7. The predicted molar refractivity (Wildman–Crippen MR) is 74.0 cm³/mol. The molecule has 0 unspecified atom stereocenters. The first kappa shape index (κ1) is 48.6. The molecule has 0 spiro atoms. The molecule has 0 aromatic heterocycles.